The minimum atomic E-state index is -3.55. The molecule has 1 atom stereocenters. The number of aromatic nitrogens is 1. The number of nitrogens with one attached hydrogen (secondary N) is 1. The highest BCUT2D eigenvalue weighted by molar-refractivity contribution is 7.89. The maximum absolute atomic E-state index is 12.8. The van der Waals surface area contributed by atoms with Crippen molar-refractivity contribution in [3.63, 3.8) is 0 Å². The lowest BCUT2D eigenvalue weighted by Gasteiger charge is -2.15. The van der Waals surface area contributed by atoms with Crippen LogP contribution < -0.4 is 10.2 Å². The van der Waals surface area contributed by atoms with Gasteiger partial charge in [0.15, 0.2) is 0 Å². The molecule has 0 saturated carbocycles. The number of thiazole rings is 1. The normalized spacial score (nSPS) is 15.9. The number of sulfonamides is 1. The van der Waals surface area contributed by atoms with Gasteiger partial charge in [0, 0.05) is 19.6 Å². The Morgan fingerprint density at radius 1 is 1.13 bits per heavy atom. The van der Waals surface area contributed by atoms with Crippen LogP contribution in [-0.4, -0.2) is 42.8 Å². The largest absolute Gasteiger partial charge is 0.354 e. The Bertz CT molecular complexity index is 1240. The smallest absolute Gasteiger partial charge is 0.308 e. The van der Waals surface area contributed by atoms with Crippen molar-refractivity contribution in [2.75, 3.05) is 19.6 Å². The van der Waals surface area contributed by atoms with E-state index in [1.54, 1.807) is 12.1 Å². The molecule has 1 N–H and O–H groups in total. The summed E-state index contributed by atoms with van der Waals surface area (Å²) in [5.74, 6) is -0.0993. The van der Waals surface area contributed by atoms with E-state index < -0.39 is 10.0 Å². The number of nitrogens with zero attached hydrogens (tertiary/aromatic N) is 2. The average molecular weight is 460 g/mol. The summed E-state index contributed by atoms with van der Waals surface area (Å²) in [6.45, 7) is 3.46. The van der Waals surface area contributed by atoms with E-state index in [4.69, 9.17) is 0 Å². The Hall–Kier alpha value is -2.49. The number of amides is 1. The second-order valence-corrected chi connectivity index (χ2v) is 10.7. The van der Waals surface area contributed by atoms with E-state index in [2.05, 4.69) is 5.32 Å². The molecule has 1 amide bonds. The number of fused-ring (bicyclic) bond motifs is 1. The number of rotatable bonds is 7. The summed E-state index contributed by atoms with van der Waals surface area (Å²) < 4.78 is 29.0. The Labute approximate surface area is 185 Å². The summed E-state index contributed by atoms with van der Waals surface area (Å²) >= 11 is 0.959. The van der Waals surface area contributed by atoms with Crippen LogP contribution in [0.5, 0.6) is 0 Å². The van der Waals surface area contributed by atoms with Gasteiger partial charge in [0.25, 0.3) is 0 Å². The van der Waals surface area contributed by atoms with E-state index in [9.17, 15) is 18.0 Å². The van der Waals surface area contributed by atoms with Gasteiger partial charge in [0.2, 0.25) is 15.9 Å². The first-order valence-electron chi connectivity index (χ1n) is 10.3. The first-order valence-corrected chi connectivity index (χ1v) is 12.6. The summed E-state index contributed by atoms with van der Waals surface area (Å²) in [5.41, 5.74) is 1.70. The molecule has 4 rings (SSSR count). The van der Waals surface area contributed by atoms with Crippen LogP contribution in [0.15, 0.2) is 58.2 Å². The molecule has 3 aromatic rings. The van der Waals surface area contributed by atoms with Crippen molar-refractivity contribution in [2.45, 2.75) is 37.1 Å². The Kier molecular flexibility index (Phi) is 6.27. The number of hydrogen-bond donors (Lipinski definition) is 1. The van der Waals surface area contributed by atoms with Gasteiger partial charge in [0.05, 0.1) is 15.1 Å². The number of hydrogen-bond acceptors (Lipinski definition) is 5. The molecule has 0 bridgehead atoms. The zero-order chi connectivity index (χ0) is 22.0. The first kappa shape index (κ1) is 21.7. The quantitative estimate of drug-likeness (QED) is 0.588. The first-order chi connectivity index (χ1) is 14.9. The SMILES string of the molecule is C[C@H](CNC(=O)Cn1c(=O)sc2cc(S(=O)(=O)N3CCCC3)ccc21)c1ccccc1. The van der Waals surface area contributed by atoms with Gasteiger partial charge in [-0.3, -0.25) is 14.2 Å². The minimum absolute atomic E-state index is 0.0986. The zero-order valence-electron chi connectivity index (χ0n) is 17.3. The molecule has 0 aliphatic carbocycles. The molecule has 0 unspecified atom stereocenters. The maximum atomic E-state index is 12.8. The Morgan fingerprint density at radius 2 is 1.84 bits per heavy atom. The molecular formula is C22H25N3O4S2. The maximum Gasteiger partial charge on any atom is 0.308 e. The van der Waals surface area contributed by atoms with Gasteiger partial charge in [-0.05, 0) is 42.5 Å². The van der Waals surface area contributed by atoms with Crippen molar-refractivity contribution in [1.82, 2.24) is 14.2 Å². The molecule has 31 heavy (non-hydrogen) atoms. The van der Waals surface area contributed by atoms with Crippen LogP contribution >= 0.6 is 11.3 Å². The van der Waals surface area contributed by atoms with Crippen LogP contribution in [0.4, 0.5) is 0 Å². The van der Waals surface area contributed by atoms with Crippen molar-refractivity contribution < 1.29 is 13.2 Å². The highest BCUT2D eigenvalue weighted by atomic mass is 32.2. The standard InChI is InChI=1S/C22H25N3O4S2/c1-16(17-7-3-2-4-8-17)14-23-21(26)15-25-19-10-9-18(13-20(19)30-22(25)27)31(28,29)24-11-5-6-12-24/h2-4,7-10,13,16H,5-6,11-12,14-15H2,1H3,(H,23,26)/t16-/m1/s1. The molecule has 1 aliphatic rings. The van der Waals surface area contributed by atoms with Gasteiger partial charge in [-0.1, -0.05) is 48.6 Å². The minimum Gasteiger partial charge on any atom is -0.354 e. The third-order valence-electron chi connectivity index (χ3n) is 5.62. The number of benzene rings is 2. The molecular weight excluding hydrogens is 434 g/mol. The van der Waals surface area contributed by atoms with Crippen LogP contribution in [0.25, 0.3) is 10.2 Å². The van der Waals surface area contributed by atoms with Gasteiger partial charge in [0.1, 0.15) is 6.54 Å². The van der Waals surface area contributed by atoms with Gasteiger partial charge < -0.3 is 5.32 Å². The zero-order valence-corrected chi connectivity index (χ0v) is 18.9. The third kappa shape index (κ3) is 4.58. The fourth-order valence-corrected chi connectivity index (χ4v) is 6.35. The molecule has 1 aromatic heterocycles. The van der Waals surface area contributed by atoms with E-state index in [0.29, 0.717) is 29.9 Å². The summed E-state index contributed by atoms with van der Waals surface area (Å²) in [6.07, 6.45) is 1.73. The molecule has 1 fully saturated rings. The van der Waals surface area contributed by atoms with Crippen LogP contribution in [-0.2, 0) is 21.4 Å². The molecule has 2 aromatic carbocycles. The van der Waals surface area contributed by atoms with Gasteiger partial charge in [-0.15, -0.1) is 0 Å². The molecule has 9 heteroatoms. The highest BCUT2D eigenvalue weighted by Crippen LogP contribution is 2.26. The average Bonchev–Trinajstić information content (AvgIpc) is 3.41. The monoisotopic (exact) mass is 459 g/mol. The lowest BCUT2D eigenvalue weighted by atomic mass is 10.0. The predicted octanol–water partition coefficient (Wildman–Crippen LogP) is 2.77. The van der Waals surface area contributed by atoms with E-state index in [-0.39, 0.29) is 28.1 Å². The van der Waals surface area contributed by atoms with Crippen molar-refractivity contribution in [3.8, 4) is 0 Å². The second-order valence-electron chi connectivity index (χ2n) is 7.81. The topological polar surface area (TPSA) is 88.5 Å². The van der Waals surface area contributed by atoms with Crippen molar-refractivity contribution in [3.05, 3.63) is 63.8 Å². The van der Waals surface area contributed by atoms with Crippen molar-refractivity contribution in [2.24, 2.45) is 0 Å². The molecule has 1 aliphatic heterocycles. The van der Waals surface area contributed by atoms with E-state index in [1.165, 1.54) is 14.9 Å². The van der Waals surface area contributed by atoms with Crippen LogP contribution in [0.3, 0.4) is 0 Å². The molecule has 1 saturated heterocycles. The molecule has 7 nitrogen and oxygen atoms in total. The predicted molar refractivity (Wildman–Crippen MR) is 122 cm³/mol. The van der Waals surface area contributed by atoms with Crippen LogP contribution in [0.1, 0.15) is 31.2 Å². The number of carbonyl (C=O) groups excluding carboxylic acids is 1. The van der Waals surface area contributed by atoms with Crippen molar-refractivity contribution >= 4 is 37.5 Å². The van der Waals surface area contributed by atoms with E-state index in [0.717, 1.165) is 29.7 Å². The van der Waals surface area contributed by atoms with Gasteiger partial charge >= 0.3 is 4.87 Å². The fraction of sp³-hybridized carbons (Fsp3) is 0.364. The highest BCUT2D eigenvalue weighted by Gasteiger charge is 2.27. The lowest BCUT2D eigenvalue weighted by Crippen LogP contribution is -2.32. The molecule has 2 heterocycles. The lowest BCUT2D eigenvalue weighted by molar-refractivity contribution is -0.121. The Morgan fingerprint density at radius 3 is 2.55 bits per heavy atom. The van der Waals surface area contributed by atoms with Crippen LogP contribution in [0, 0.1) is 0 Å². The van der Waals surface area contributed by atoms with Crippen molar-refractivity contribution in [1.29, 1.82) is 0 Å². The fourth-order valence-electron chi connectivity index (χ4n) is 3.80. The summed E-state index contributed by atoms with van der Waals surface area (Å²) in [6, 6.07) is 14.6. The Balaban J connectivity index is 1.48. The summed E-state index contributed by atoms with van der Waals surface area (Å²) in [5, 5.41) is 2.89. The molecule has 164 valence electrons. The molecule has 0 spiro atoms. The van der Waals surface area contributed by atoms with E-state index in [1.807, 2.05) is 37.3 Å². The summed E-state index contributed by atoms with van der Waals surface area (Å²) in [4.78, 5) is 24.9. The third-order valence-corrected chi connectivity index (χ3v) is 8.45. The second kappa shape index (κ2) is 8.94. The summed E-state index contributed by atoms with van der Waals surface area (Å²) in [7, 11) is -3.55. The molecule has 0 radical (unpaired) electrons. The van der Waals surface area contributed by atoms with Gasteiger partial charge in [-0.2, -0.15) is 4.31 Å². The van der Waals surface area contributed by atoms with E-state index >= 15 is 0 Å². The number of carbonyl (C=O) groups is 1. The van der Waals surface area contributed by atoms with Crippen LogP contribution in [0.2, 0.25) is 0 Å². The van der Waals surface area contributed by atoms with Gasteiger partial charge in [-0.25, -0.2) is 8.42 Å².